The van der Waals surface area contributed by atoms with E-state index in [1.807, 2.05) is 0 Å². The molecule has 0 unspecified atom stereocenters. The molecule has 0 bridgehead atoms. The smallest absolute Gasteiger partial charge is 0.155 e. The average Bonchev–Trinajstić information content (AvgIpc) is 3.11. The highest BCUT2D eigenvalue weighted by Crippen LogP contribution is 2.45. The van der Waals surface area contributed by atoms with Gasteiger partial charge in [0.1, 0.15) is 5.82 Å². The highest BCUT2D eigenvalue weighted by Gasteiger charge is 2.46. The minimum atomic E-state index is -0.151. The third-order valence-corrected chi connectivity index (χ3v) is 3.03. The Morgan fingerprint density at radius 3 is 2.56 bits per heavy atom. The van der Waals surface area contributed by atoms with Gasteiger partial charge in [0.05, 0.1) is 31.0 Å². The number of aromatic nitrogens is 2. The number of aliphatic hydroxyl groups is 1. The van der Waals surface area contributed by atoms with E-state index in [2.05, 4.69) is 16.9 Å². The Bertz CT molecular complexity index is 333. The fourth-order valence-electron chi connectivity index (χ4n) is 1.60. The van der Waals surface area contributed by atoms with E-state index in [0.717, 1.165) is 31.5 Å². The number of aliphatic hydroxyl groups excluding tert-OH is 1. The number of hydrogen-bond donors (Lipinski definition) is 1. The van der Waals surface area contributed by atoms with Crippen molar-refractivity contribution in [3.05, 3.63) is 18.2 Å². The lowest BCUT2D eigenvalue weighted by molar-refractivity contribution is 0.249. The molecule has 1 heterocycles. The molecule has 0 aromatic carbocycles. The number of unbranched alkanes of at least 4 members (excludes halogenated alkanes) is 1. The Hall–Kier alpha value is -1.16. The highest BCUT2D eigenvalue weighted by atomic mass is 16.5. The SMILES string of the molecule is CCCCOc1cnc(C2(CO)CC2)nc1. The number of ether oxygens (including phenoxy) is 1. The normalized spacial score (nSPS) is 17.1. The lowest BCUT2D eigenvalue weighted by atomic mass is 10.1. The molecule has 1 fully saturated rings. The Balaban J connectivity index is 1.94. The van der Waals surface area contributed by atoms with Crippen molar-refractivity contribution in [1.29, 1.82) is 0 Å². The molecule has 1 aromatic heterocycles. The fraction of sp³-hybridized carbons (Fsp3) is 0.667. The minimum Gasteiger partial charge on any atom is -0.490 e. The van der Waals surface area contributed by atoms with Crippen LogP contribution in [0.1, 0.15) is 38.4 Å². The first-order chi connectivity index (χ1) is 7.80. The van der Waals surface area contributed by atoms with Gasteiger partial charge in [-0.15, -0.1) is 0 Å². The van der Waals surface area contributed by atoms with Gasteiger partial charge in [-0.3, -0.25) is 0 Å². The van der Waals surface area contributed by atoms with Gasteiger partial charge >= 0.3 is 0 Å². The van der Waals surface area contributed by atoms with Crippen molar-refractivity contribution in [3.63, 3.8) is 0 Å². The van der Waals surface area contributed by atoms with Crippen molar-refractivity contribution in [1.82, 2.24) is 9.97 Å². The molecule has 1 aliphatic rings. The van der Waals surface area contributed by atoms with Crippen LogP contribution in [-0.4, -0.2) is 28.3 Å². The summed E-state index contributed by atoms with van der Waals surface area (Å²) in [4.78, 5) is 8.53. The predicted molar refractivity (Wildman–Crippen MR) is 60.4 cm³/mol. The van der Waals surface area contributed by atoms with Gasteiger partial charge in [0, 0.05) is 0 Å². The summed E-state index contributed by atoms with van der Waals surface area (Å²) >= 11 is 0. The Labute approximate surface area is 95.7 Å². The van der Waals surface area contributed by atoms with Gasteiger partial charge in [-0.1, -0.05) is 13.3 Å². The van der Waals surface area contributed by atoms with Crippen LogP contribution in [-0.2, 0) is 5.41 Å². The summed E-state index contributed by atoms with van der Waals surface area (Å²) in [7, 11) is 0. The maximum Gasteiger partial charge on any atom is 0.155 e. The molecular weight excluding hydrogens is 204 g/mol. The van der Waals surface area contributed by atoms with E-state index in [1.54, 1.807) is 12.4 Å². The van der Waals surface area contributed by atoms with Crippen LogP contribution in [0.25, 0.3) is 0 Å². The molecule has 0 aliphatic heterocycles. The lowest BCUT2D eigenvalue weighted by Gasteiger charge is -2.10. The summed E-state index contributed by atoms with van der Waals surface area (Å²) in [6.45, 7) is 2.98. The van der Waals surface area contributed by atoms with E-state index in [9.17, 15) is 5.11 Å². The van der Waals surface area contributed by atoms with Crippen molar-refractivity contribution in [3.8, 4) is 5.75 Å². The molecule has 0 saturated heterocycles. The van der Waals surface area contributed by atoms with Crippen molar-refractivity contribution >= 4 is 0 Å². The molecule has 16 heavy (non-hydrogen) atoms. The Morgan fingerprint density at radius 2 is 2.06 bits per heavy atom. The fourth-order valence-corrected chi connectivity index (χ4v) is 1.60. The molecule has 0 atom stereocenters. The molecule has 0 spiro atoms. The highest BCUT2D eigenvalue weighted by molar-refractivity contribution is 5.21. The maximum absolute atomic E-state index is 9.24. The second-order valence-corrected chi connectivity index (χ2v) is 4.38. The van der Waals surface area contributed by atoms with Crippen molar-refractivity contribution in [2.24, 2.45) is 0 Å². The zero-order valence-corrected chi connectivity index (χ0v) is 9.65. The second kappa shape index (κ2) is 4.78. The minimum absolute atomic E-state index is 0.142. The molecule has 4 nitrogen and oxygen atoms in total. The van der Waals surface area contributed by atoms with Gasteiger partial charge in [0.2, 0.25) is 0 Å². The quantitative estimate of drug-likeness (QED) is 0.744. The molecule has 0 amide bonds. The summed E-state index contributed by atoms with van der Waals surface area (Å²) in [5.74, 6) is 1.46. The topological polar surface area (TPSA) is 55.2 Å². The zero-order chi connectivity index (χ0) is 11.4. The van der Waals surface area contributed by atoms with Crippen LogP contribution < -0.4 is 4.74 Å². The molecular formula is C12H18N2O2. The van der Waals surface area contributed by atoms with Gasteiger partial charge in [0.15, 0.2) is 5.75 Å². The predicted octanol–water partition coefficient (Wildman–Crippen LogP) is 1.68. The van der Waals surface area contributed by atoms with Crippen LogP contribution in [0.5, 0.6) is 5.75 Å². The van der Waals surface area contributed by atoms with Gasteiger partial charge in [0.25, 0.3) is 0 Å². The van der Waals surface area contributed by atoms with Gasteiger partial charge in [-0.05, 0) is 19.3 Å². The number of hydrogen-bond acceptors (Lipinski definition) is 4. The maximum atomic E-state index is 9.24. The van der Waals surface area contributed by atoms with Gasteiger partial charge in [-0.2, -0.15) is 0 Å². The molecule has 1 saturated carbocycles. The summed E-state index contributed by atoms with van der Waals surface area (Å²) < 4.78 is 5.48. The second-order valence-electron chi connectivity index (χ2n) is 4.38. The lowest BCUT2D eigenvalue weighted by Crippen LogP contribution is -2.15. The van der Waals surface area contributed by atoms with E-state index >= 15 is 0 Å². The van der Waals surface area contributed by atoms with Crippen LogP contribution in [0.2, 0.25) is 0 Å². The molecule has 2 rings (SSSR count). The van der Waals surface area contributed by atoms with Crippen LogP contribution in [0.15, 0.2) is 12.4 Å². The molecule has 4 heteroatoms. The van der Waals surface area contributed by atoms with Gasteiger partial charge < -0.3 is 9.84 Å². The standard InChI is InChI=1S/C12H18N2O2/c1-2-3-6-16-10-7-13-11(14-8-10)12(9-15)4-5-12/h7-8,15H,2-6,9H2,1H3. The molecule has 0 radical (unpaired) electrons. The summed E-state index contributed by atoms with van der Waals surface area (Å²) in [6, 6.07) is 0. The third kappa shape index (κ3) is 2.32. The molecule has 1 N–H and O–H groups in total. The van der Waals surface area contributed by atoms with Crippen LogP contribution in [0.4, 0.5) is 0 Å². The monoisotopic (exact) mass is 222 g/mol. The first kappa shape index (κ1) is 11.3. The van der Waals surface area contributed by atoms with Crippen LogP contribution in [0.3, 0.4) is 0 Å². The Kier molecular flexibility index (Phi) is 3.39. The van der Waals surface area contributed by atoms with Gasteiger partial charge in [-0.25, -0.2) is 9.97 Å². The first-order valence-electron chi connectivity index (χ1n) is 5.87. The van der Waals surface area contributed by atoms with E-state index < -0.39 is 0 Å². The molecule has 88 valence electrons. The average molecular weight is 222 g/mol. The van der Waals surface area contributed by atoms with Crippen molar-refractivity contribution < 1.29 is 9.84 Å². The number of nitrogens with zero attached hydrogens (tertiary/aromatic N) is 2. The summed E-state index contributed by atoms with van der Waals surface area (Å²) in [5, 5.41) is 9.24. The summed E-state index contributed by atoms with van der Waals surface area (Å²) in [5.41, 5.74) is -0.151. The number of rotatable bonds is 6. The first-order valence-corrected chi connectivity index (χ1v) is 5.87. The van der Waals surface area contributed by atoms with E-state index in [-0.39, 0.29) is 12.0 Å². The van der Waals surface area contributed by atoms with Crippen LogP contribution in [0, 0.1) is 0 Å². The molecule has 1 aliphatic carbocycles. The summed E-state index contributed by atoms with van der Waals surface area (Å²) in [6.07, 6.45) is 7.54. The van der Waals surface area contributed by atoms with E-state index in [1.165, 1.54) is 0 Å². The van der Waals surface area contributed by atoms with E-state index in [0.29, 0.717) is 12.4 Å². The largest absolute Gasteiger partial charge is 0.490 e. The van der Waals surface area contributed by atoms with Crippen LogP contribution >= 0.6 is 0 Å². The molecule has 1 aromatic rings. The van der Waals surface area contributed by atoms with Crippen molar-refractivity contribution in [2.75, 3.05) is 13.2 Å². The van der Waals surface area contributed by atoms with E-state index in [4.69, 9.17) is 4.74 Å². The van der Waals surface area contributed by atoms with Crippen molar-refractivity contribution in [2.45, 2.75) is 38.0 Å². The zero-order valence-electron chi connectivity index (χ0n) is 9.65. The Morgan fingerprint density at radius 1 is 1.38 bits per heavy atom. The third-order valence-electron chi connectivity index (χ3n) is 3.03.